The zero-order chi connectivity index (χ0) is 9.54. The van der Waals surface area contributed by atoms with Crippen LogP contribution in [0, 0.1) is 11.8 Å². The molecule has 0 saturated carbocycles. The molecule has 0 unspecified atom stereocenters. The number of fused-ring (bicyclic) bond motifs is 4. The highest BCUT2D eigenvalue weighted by Crippen LogP contribution is 2.35. The molecule has 3 aliphatic rings. The Morgan fingerprint density at radius 1 is 1.36 bits per heavy atom. The van der Waals surface area contributed by atoms with Crippen molar-refractivity contribution in [1.29, 1.82) is 0 Å². The minimum Gasteiger partial charge on any atom is -0.339 e. The van der Waals surface area contributed by atoms with Crippen molar-refractivity contribution in [2.24, 2.45) is 11.8 Å². The predicted molar refractivity (Wildman–Crippen MR) is 53.8 cm³/mol. The van der Waals surface area contributed by atoms with Gasteiger partial charge in [-0.15, -0.1) is 0 Å². The van der Waals surface area contributed by atoms with Crippen LogP contribution in [0.15, 0.2) is 0 Å². The van der Waals surface area contributed by atoms with Gasteiger partial charge < -0.3 is 10.2 Å². The van der Waals surface area contributed by atoms with Crippen molar-refractivity contribution in [3.05, 3.63) is 0 Å². The summed E-state index contributed by atoms with van der Waals surface area (Å²) in [6, 6.07) is 0.570. The second-order valence-electron chi connectivity index (χ2n) is 5.03. The van der Waals surface area contributed by atoms with Gasteiger partial charge in [0, 0.05) is 19.0 Å². The molecule has 3 nitrogen and oxygen atoms in total. The molecular weight excluding hydrogens is 176 g/mol. The molecule has 0 radical (unpaired) electrons. The number of hydrogen-bond acceptors (Lipinski definition) is 2. The Hall–Kier alpha value is -0.570. The third kappa shape index (κ3) is 1.26. The fraction of sp³-hybridized carbons (Fsp3) is 0.909. The summed E-state index contributed by atoms with van der Waals surface area (Å²) in [5.74, 6) is 1.89. The Kier molecular flexibility index (Phi) is 2.01. The number of piperidine rings is 3. The van der Waals surface area contributed by atoms with E-state index < -0.39 is 0 Å². The monoisotopic (exact) mass is 194 g/mol. The molecule has 3 aliphatic heterocycles. The minimum absolute atomic E-state index is 0.415. The maximum absolute atomic E-state index is 11.8. The molecule has 0 spiro atoms. The first-order valence-corrected chi connectivity index (χ1v) is 5.85. The van der Waals surface area contributed by atoms with Crippen LogP contribution in [0.25, 0.3) is 0 Å². The highest BCUT2D eigenvalue weighted by molar-refractivity contribution is 5.77. The van der Waals surface area contributed by atoms with E-state index in [4.69, 9.17) is 0 Å². The summed E-state index contributed by atoms with van der Waals surface area (Å²) in [5.41, 5.74) is 0. The largest absolute Gasteiger partial charge is 0.339 e. The molecule has 1 amide bonds. The minimum atomic E-state index is 0.415. The third-order valence-corrected chi connectivity index (χ3v) is 4.09. The molecule has 78 valence electrons. The molecule has 3 rings (SSSR count). The van der Waals surface area contributed by atoms with Crippen LogP contribution in [0.1, 0.15) is 25.7 Å². The quantitative estimate of drug-likeness (QED) is 0.612. The van der Waals surface area contributed by atoms with Crippen LogP contribution < -0.4 is 5.32 Å². The highest BCUT2D eigenvalue weighted by Gasteiger charge is 2.41. The van der Waals surface area contributed by atoms with Gasteiger partial charge in [0.2, 0.25) is 5.91 Å². The molecule has 0 aromatic carbocycles. The summed E-state index contributed by atoms with van der Waals surface area (Å²) in [4.78, 5) is 13.9. The van der Waals surface area contributed by atoms with Crippen LogP contribution in [0.4, 0.5) is 0 Å². The van der Waals surface area contributed by atoms with Crippen molar-refractivity contribution in [2.75, 3.05) is 19.6 Å². The maximum Gasteiger partial charge on any atom is 0.222 e. The number of rotatable bonds is 0. The number of hydrogen-bond donors (Lipinski definition) is 1. The molecule has 3 atom stereocenters. The molecular formula is C11H18N2O. The van der Waals surface area contributed by atoms with E-state index >= 15 is 0 Å². The molecule has 3 fully saturated rings. The number of carbonyl (C=O) groups is 1. The van der Waals surface area contributed by atoms with E-state index in [2.05, 4.69) is 10.2 Å². The van der Waals surface area contributed by atoms with Gasteiger partial charge in [-0.3, -0.25) is 4.79 Å². The first-order chi connectivity index (χ1) is 6.84. The third-order valence-electron chi connectivity index (χ3n) is 4.09. The number of nitrogens with zero attached hydrogens (tertiary/aromatic N) is 1. The summed E-state index contributed by atoms with van der Waals surface area (Å²) < 4.78 is 0. The Morgan fingerprint density at radius 3 is 3.21 bits per heavy atom. The van der Waals surface area contributed by atoms with Crippen molar-refractivity contribution in [2.45, 2.75) is 31.7 Å². The zero-order valence-electron chi connectivity index (χ0n) is 8.54. The van der Waals surface area contributed by atoms with Crippen LogP contribution in [0.3, 0.4) is 0 Å². The van der Waals surface area contributed by atoms with Crippen molar-refractivity contribution < 1.29 is 4.79 Å². The summed E-state index contributed by atoms with van der Waals surface area (Å²) in [6.07, 6.45) is 4.50. The molecule has 2 bridgehead atoms. The first-order valence-electron chi connectivity index (χ1n) is 5.85. The lowest BCUT2D eigenvalue weighted by atomic mass is 9.77. The predicted octanol–water partition coefficient (Wildman–Crippen LogP) is 0.607. The number of amides is 1. The maximum atomic E-state index is 11.8. The van der Waals surface area contributed by atoms with Gasteiger partial charge in [-0.1, -0.05) is 0 Å². The lowest BCUT2D eigenvalue weighted by Gasteiger charge is -2.49. The smallest absolute Gasteiger partial charge is 0.222 e. The van der Waals surface area contributed by atoms with E-state index in [-0.39, 0.29) is 0 Å². The van der Waals surface area contributed by atoms with E-state index in [9.17, 15) is 4.79 Å². The second-order valence-corrected chi connectivity index (χ2v) is 5.03. The molecule has 0 aromatic rings. The van der Waals surface area contributed by atoms with Crippen molar-refractivity contribution in [3.63, 3.8) is 0 Å². The number of nitrogens with one attached hydrogen (secondary N) is 1. The molecule has 1 N–H and O–H groups in total. The fourth-order valence-corrected chi connectivity index (χ4v) is 3.45. The fourth-order valence-electron chi connectivity index (χ4n) is 3.45. The molecule has 3 heterocycles. The SMILES string of the molecule is O=C1CCC[C@H]2[C@@H]3CNC[C@H](C3)CN12. The summed E-state index contributed by atoms with van der Waals surface area (Å²) in [6.45, 7) is 3.27. The Balaban J connectivity index is 1.83. The molecule has 0 aromatic heterocycles. The van der Waals surface area contributed by atoms with Gasteiger partial charge in [-0.25, -0.2) is 0 Å². The Morgan fingerprint density at radius 2 is 2.29 bits per heavy atom. The average molecular weight is 194 g/mol. The van der Waals surface area contributed by atoms with Gasteiger partial charge in [0.05, 0.1) is 0 Å². The van der Waals surface area contributed by atoms with Crippen LogP contribution >= 0.6 is 0 Å². The lowest BCUT2D eigenvalue weighted by molar-refractivity contribution is -0.142. The van der Waals surface area contributed by atoms with E-state index in [1.807, 2.05) is 0 Å². The van der Waals surface area contributed by atoms with Gasteiger partial charge >= 0.3 is 0 Å². The van der Waals surface area contributed by atoms with Crippen LogP contribution in [0.5, 0.6) is 0 Å². The zero-order valence-corrected chi connectivity index (χ0v) is 8.54. The van der Waals surface area contributed by atoms with Crippen LogP contribution in [-0.2, 0) is 4.79 Å². The standard InChI is InChI=1S/C11H18N2O/c14-11-3-1-2-10-9-4-8(5-12-6-9)7-13(10)11/h8-10,12H,1-7H2/t8-,9-,10-/m0/s1. The Labute approximate surface area is 84.8 Å². The molecule has 3 saturated heterocycles. The average Bonchev–Trinajstić information content (AvgIpc) is 2.20. The lowest BCUT2D eigenvalue weighted by Crippen LogP contribution is -2.59. The van der Waals surface area contributed by atoms with Crippen molar-refractivity contribution in [3.8, 4) is 0 Å². The van der Waals surface area contributed by atoms with E-state index in [0.717, 1.165) is 44.3 Å². The van der Waals surface area contributed by atoms with E-state index in [1.165, 1.54) is 12.8 Å². The molecule has 3 heteroatoms. The Bertz CT molecular complexity index is 254. The topological polar surface area (TPSA) is 32.3 Å². The van der Waals surface area contributed by atoms with E-state index in [1.54, 1.807) is 0 Å². The van der Waals surface area contributed by atoms with Gasteiger partial charge in [-0.05, 0) is 44.2 Å². The summed E-state index contributed by atoms with van der Waals surface area (Å²) >= 11 is 0. The highest BCUT2D eigenvalue weighted by atomic mass is 16.2. The van der Waals surface area contributed by atoms with Crippen molar-refractivity contribution in [1.82, 2.24) is 10.2 Å². The van der Waals surface area contributed by atoms with Crippen molar-refractivity contribution >= 4 is 5.91 Å². The summed E-state index contributed by atoms with van der Waals surface area (Å²) in [5, 5.41) is 3.50. The number of carbonyl (C=O) groups excluding carboxylic acids is 1. The van der Waals surface area contributed by atoms with Gasteiger partial charge in [0.15, 0.2) is 0 Å². The summed E-state index contributed by atoms with van der Waals surface area (Å²) in [7, 11) is 0. The first kappa shape index (κ1) is 8.72. The van der Waals surface area contributed by atoms with Gasteiger partial charge in [0.25, 0.3) is 0 Å². The molecule has 14 heavy (non-hydrogen) atoms. The van der Waals surface area contributed by atoms with E-state index in [0.29, 0.717) is 11.9 Å². The van der Waals surface area contributed by atoms with Gasteiger partial charge in [-0.2, -0.15) is 0 Å². The normalized spacial score (nSPS) is 42.1. The second kappa shape index (κ2) is 3.23. The van der Waals surface area contributed by atoms with Gasteiger partial charge in [0.1, 0.15) is 0 Å². The van der Waals surface area contributed by atoms with Crippen LogP contribution in [-0.4, -0.2) is 36.5 Å². The molecule has 0 aliphatic carbocycles. The van der Waals surface area contributed by atoms with Crippen LogP contribution in [0.2, 0.25) is 0 Å².